The van der Waals surface area contributed by atoms with Gasteiger partial charge in [0.15, 0.2) is 5.78 Å². The third-order valence-electron chi connectivity index (χ3n) is 4.46. The molecule has 1 heterocycles. The molecule has 0 saturated carbocycles. The molecule has 0 bridgehead atoms. The third kappa shape index (κ3) is 4.90. The van der Waals surface area contributed by atoms with Gasteiger partial charge in [0, 0.05) is 37.5 Å². The number of rotatable bonds is 7. The van der Waals surface area contributed by atoms with Crippen LogP contribution in [-0.4, -0.2) is 35.7 Å². The second kappa shape index (κ2) is 8.25. The van der Waals surface area contributed by atoms with Gasteiger partial charge >= 0.3 is 0 Å². The molecule has 1 fully saturated rings. The first-order valence-electron chi connectivity index (χ1n) is 8.63. The van der Waals surface area contributed by atoms with E-state index >= 15 is 0 Å². The van der Waals surface area contributed by atoms with Gasteiger partial charge in [0.25, 0.3) is 0 Å². The van der Waals surface area contributed by atoms with Crippen molar-refractivity contribution in [3.8, 4) is 0 Å². The molecule has 1 aromatic rings. The first kappa shape index (κ1) is 17.7. The molecule has 23 heavy (non-hydrogen) atoms. The summed E-state index contributed by atoms with van der Waals surface area (Å²) in [6.07, 6.45) is 3.56. The highest BCUT2D eigenvalue weighted by Gasteiger charge is 2.27. The van der Waals surface area contributed by atoms with Crippen molar-refractivity contribution in [1.29, 1.82) is 0 Å². The fourth-order valence-corrected chi connectivity index (χ4v) is 3.22. The SMILES string of the molecule is CC(C)Cc1ccc(C(=O)CCC(=O)N2CCCC2CN)cc1. The zero-order valence-corrected chi connectivity index (χ0v) is 14.3. The molecule has 0 spiro atoms. The number of nitrogens with two attached hydrogens (primary N) is 1. The lowest BCUT2D eigenvalue weighted by molar-refractivity contribution is -0.131. The van der Waals surface area contributed by atoms with Gasteiger partial charge in [-0.15, -0.1) is 0 Å². The molecule has 0 aliphatic carbocycles. The highest BCUT2D eigenvalue weighted by molar-refractivity contribution is 5.98. The maximum atomic E-state index is 12.3. The Balaban J connectivity index is 1.85. The number of benzene rings is 1. The lowest BCUT2D eigenvalue weighted by Crippen LogP contribution is -2.39. The summed E-state index contributed by atoms with van der Waals surface area (Å²) in [7, 11) is 0. The van der Waals surface area contributed by atoms with Crippen LogP contribution >= 0.6 is 0 Å². The minimum atomic E-state index is 0.0398. The minimum Gasteiger partial charge on any atom is -0.338 e. The van der Waals surface area contributed by atoms with Gasteiger partial charge in [-0.25, -0.2) is 0 Å². The summed E-state index contributed by atoms with van der Waals surface area (Å²) in [5.74, 6) is 0.700. The number of hydrogen-bond acceptors (Lipinski definition) is 3. The van der Waals surface area contributed by atoms with E-state index in [1.807, 2.05) is 29.2 Å². The number of nitrogens with zero attached hydrogens (tertiary/aromatic N) is 1. The minimum absolute atomic E-state index is 0.0398. The summed E-state index contributed by atoms with van der Waals surface area (Å²) in [5.41, 5.74) is 7.64. The average molecular weight is 316 g/mol. The van der Waals surface area contributed by atoms with Crippen molar-refractivity contribution in [3.05, 3.63) is 35.4 Å². The summed E-state index contributed by atoms with van der Waals surface area (Å²) in [5, 5.41) is 0. The van der Waals surface area contributed by atoms with Gasteiger partial charge in [-0.1, -0.05) is 38.1 Å². The molecule has 1 amide bonds. The van der Waals surface area contributed by atoms with Crippen molar-refractivity contribution in [2.75, 3.05) is 13.1 Å². The summed E-state index contributed by atoms with van der Waals surface area (Å²) in [4.78, 5) is 26.3. The zero-order valence-electron chi connectivity index (χ0n) is 14.3. The first-order chi connectivity index (χ1) is 11.0. The summed E-state index contributed by atoms with van der Waals surface area (Å²) < 4.78 is 0. The van der Waals surface area contributed by atoms with E-state index in [4.69, 9.17) is 5.73 Å². The predicted molar refractivity (Wildman–Crippen MR) is 92.3 cm³/mol. The number of hydrogen-bond donors (Lipinski definition) is 1. The highest BCUT2D eigenvalue weighted by Crippen LogP contribution is 2.18. The predicted octanol–water partition coefficient (Wildman–Crippen LogP) is 2.80. The topological polar surface area (TPSA) is 63.4 Å². The van der Waals surface area contributed by atoms with Gasteiger partial charge in [0.1, 0.15) is 0 Å². The average Bonchev–Trinajstić information content (AvgIpc) is 3.01. The van der Waals surface area contributed by atoms with Crippen LogP contribution in [0.15, 0.2) is 24.3 Å². The van der Waals surface area contributed by atoms with E-state index in [1.165, 1.54) is 5.56 Å². The Morgan fingerprint density at radius 3 is 2.52 bits per heavy atom. The van der Waals surface area contributed by atoms with Gasteiger partial charge in [-0.05, 0) is 30.7 Å². The van der Waals surface area contributed by atoms with Crippen LogP contribution in [-0.2, 0) is 11.2 Å². The fourth-order valence-electron chi connectivity index (χ4n) is 3.22. The van der Waals surface area contributed by atoms with Crippen molar-refractivity contribution >= 4 is 11.7 Å². The molecule has 2 N–H and O–H groups in total. The molecule has 1 atom stereocenters. The Hall–Kier alpha value is -1.68. The molecule has 1 aliphatic rings. The maximum absolute atomic E-state index is 12.3. The molecular weight excluding hydrogens is 288 g/mol. The lowest BCUT2D eigenvalue weighted by atomic mass is 9.99. The van der Waals surface area contributed by atoms with E-state index in [1.54, 1.807) is 0 Å². The van der Waals surface area contributed by atoms with Gasteiger partial charge < -0.3 is 10.6 Å². The Morgan fingerprint density at radius 1 is 1.22 bits per heavy atom. The van der Waals surface area contributed by atoms with Crippen LogP contribution < -0.4 is 5.73 Å². The largest absolute Gasteiger partial charge is 0.338 e. The van der Waals surface area contributed by atoms with E-state index in [-0.39, 0.29) is 30.6 Å². The van der Waals surface area contributed by atoms with Crippen molar-refractivity contribution in [2.45, 2.75) is 52.0 Å². The van der Waals surface area contributed by atoms with E-state index in [2.05, 4.69) is 13.8 Å². The van der Waals surface area contributed by atoms with Gasteiger partial charge in [0.2, 0.25) is 5.91 Å². The number of carbonyl (C=O) groups excluding carboxylic acids is 2. The monoisotopic (exact) mass is 316 g/mol. The normalized spacial score (nSPS) is 17.7. The molecule has 1 unspecified atom stereocenters. The van der Waals surface area contributed by atoms with E-state index < -0.39 is 0 Å². The van der Waals surface area contributed by atoms with Crippen molar-refractivity contribution < 1.29 is 9.59 Å². The van der Waals surface area contributed by atoms with Crippen LogP contribution in [0.2, 0.25) is 0 Å². The molecule has 0 radical (unpaired) electrons. The standard InChI is InChI=1S/C19H28N2O2/c1-14(2)12-15-5-7-16(8-6-15)18(22)9-10-19(23)21-11-3-4-17(21)13-20/h5-8,14,17H,3-4,9-13,20H2,1-2H3. The number of carbonyl (C=O) groups is 2. The molecule has 1 saturated heterocycles. The van der Waals surface area contributed by atoms with Crippen molar-refractivity contribution in [2.24, 2.45) is 11.7 Å². The molecule has 1 aromatic carbocycles. The Bertz CT molecular complexity index is 537. The Kier molecular flexibility index (Phi) is 6.34. The molecular formula is C19H28N2O2. The van der Waals surface area contributed by atoms with Crippen LogP contribution in [0.4, 0.5) is 0 Å². The van der Waals surface area contributed by atoms with E-state index in [9.17, 15) is 9.59 Å². The van der Waals surface area contributed by atoms with Crippen molar-refractivity contribution in [1.82, 2.24) is 4.90 Å². The van der Waals surface area contributed by atoms with Crippen LogP contribution in [0.1, 0.15) is 55.5 Å². The van der Waals surface area contributed by atoms with Gasteiger partial charge in [-0.3, -0.25) is 9.59 Å². The van der Waals surface area contributed by atoms with Crippen molar-refractivity contribution in [3.63, 3.8) is 0 Å². The maximum Gasteiger partial charge on any atom is 0.223 e. The number of Topliss-reactive ketones (excluding diaryl/α,β-unsaturated/α-hetero) is 1. The van der Waals surface area contributed by atoms with Crippen LogP contribution in [0, 0.1) is 5.92 Å². The molecule has 4 heteroatoms. The second-order valence-electron chi connectivity index (χ2n) is 6.84. The molecule has 2 rings (SSSR count). The summed E-state index contributed by atoms with van der Waals surface area (Å²) in [6, 6.07) is 7.94. The molecule has 126 valence electrons. The fraction of sp³-hybridized carbons (Fsp3) is 0.579. The summed E-state index contributed by atoms with van der Waals surface area (Å²) >= 11 is 0. The highest BCUT2D eigenvalue weighted by atomic mass is 16.2. The van der Waals surface area contributed by atoms with Crippen LogP contribution in [0.3, 0.4) is 0 Å². The smallest absolute Gasteiger partial charge is 0.223 e. The lowest BCUT2D eigenvalue weighted by Gasteiger charge is -2.23. The van der Waals surface area contributed by atoms with Crippen LogP contribution in [0.5, 0.6) is 0 Å². The van der Waals surface area contributed by atoms with Gasteiger partial charge in [-0.2, -0.15) is 0 Å². The second-order valence-corrected chi connectivity index (χ2v) is 6.84. The molecule has 1 aliphatic heterocycles. The van der Waals surface area contributed by atoms with Gasteiger partial charge in [0.05, 0.1) is 0 Å². The van der Waals surface area contributed by atoms with E-state index in [0.717, 1.165) is 25.8 Å². The first-order valence-corrected chi connectivity index (χ1v) is 8.63. The molecule has 0 aromatic heterocycles. The summed E-state index contributed by atoms with van der Waals surface area (Å²) in [6.45, 7) is 5.64. The number of ketones is 1. The van der Waals surface area contributed by atoms with Crippen LogP contribution in [0.25, 0.3) is 0 Å². The number of likely N-dealkylation sites (tertiary alicyclic amines) is 1. The molecule has 4 nitrogen and oxygen atoms in total. The Labute approximate surface area is 139 Å². The number of amides is 1. The zero-order chi connectivity index (χ0) is 16.8. The quantitative estimate of drug-likeness (QED) is 0.787. The Morgan fingerprint density at radius 2 is 1.91 bits per heavy atom. The third-order valence-corrected chi connectivity index (χ3v) is 4.46. The van der Waals surface area contributed by atoms with E-state index in [0.29, 0.717) is 18.0 Å².